The van der Waals surface area contributed by atoms with Crippen LogP contribution in [-0.4, -0.2) is 37.7 Å². The Hall–Kier alpha value is -0.230. The first-order chi connectivity index (χ1) is 5.21. The maximum Gasteiger partial charge on any atom is 0.213 e. The van der Waals surface area contributed by atoms with Gasteiger partial charge in [0.25, 0.3) is 0 Å². The lowest BCUT2D eigenvalue weighted by Crippen LogP contribution is -2.66. The zero-order chi connectivity index (χ0) is 9.62. The molecule has 4 N–H and O–H groups in total. The van der Waals surface area contributed by atoms with Crippen LogP contribution in [0.25, 0.3) is 0 Å². The minimum absolute atomic E-state index is 0.166. The molecule has 0 radical (unpaired) electrons. The molecule has 0 saturated heterocycles. The van der Waals surface area contributed by atoms with E-state index in [1.165, 1.54) is 0 Å². The van der Waals surface area contributed by atoms with Gasteiger partial charge in [0.05, 0.1) is 0 Å². The topological polar surface area (TPSA) is 80.9 Å². The molecule has 0 spiro atoms. The van der Waals surface area contributed by atoms with Gasteiger partial charge in [-0.3, -0.25) is 0 Å². The molecule has 12 heavy (non-hydrogen) atoms. The first-order valence-electron chi connectivity index (χ1n) is 3.79. The molecule has 0 amide bonds. The van der Waals surface area contributed by atoms with Crippen LogP contribution < -0.4 is 0 Å². The van der Waals surface area contributed by atoms with Crippen LogP contribution >= 0.6 is 0 Å². The van der Waals surface area contributed by atoms with E-state index < -0.39 is 17.2 Å². The monoisotopic (exact) mass is 180 g/mol. The first-order valence-corrected chi connectivity index (χ1v) is 3.79. The minimum atomic E-state index is -2.81. The third kappa shape index (κ3) is 1.13. The average molecular weight is 180 g/mol. The molecule has 0 heterocycles. The van der Waals surface area contributed by atoms with Gasteiger partial charge in [-0.25, -0.2) is 4.39 Å². The molecule has 1 rings (SSSR count). The van der Waals surface area contributed by atoms with Crippen LogP contribution in [0.15, 0.2) is 0 Å². The van der Waals surface area contributed by atoms with Crippen molar-refractivity contribution in [3.05, 3.63) is 0 Å². The molecular weight excluding hydrogens is 167 g/mol. The van der Waals surface area contributed by atoms with E-state index in [-0.39, 0.29) is 19.3 Å². The third-order valence-electron chi connectivity index (χ3n) is 2.55. The molecule has 1 aliphatic rings. The molecule has 1 aliphatic carbocycles. The molecule has 5 heteroatoms. The summed E-state index contributed by atoms with van der Waals surface area (Å²) in [6.45, 7) is 0.770. The van der Waals surface area contributed by atoms with Crippen molar-refractivity contribution < 1.29 is 24.8 Å². The normalized spacial score (nSPS) is 31.5. The predicted molar refractivity (Wildman–Crippen MR) is 37.7 cm³/mol. The largest absolute Gasteiger partial charge is 0.363 e. The summed E-state index contributed by atoms with van der Waals surface area (Å²) in [5.74, 6) is -5.32. The van der Waals surface area contributed by atoms with E-state index in [0.717, 1.165) is 6.92 Å². The summed E-state index contributed by atoms with van der Waals surface area (Å²) in [6.07, 6.45) is -0.217. The first kappa shape index (κ1) is 9.85. The van der Waals surface area contributed by atoms with Crippen molar-refractivity contribution in [1.82, 2.24) is 0 Å². The Morgan fingerprint density at radius 1 is 1.00 bits per heavy atom. The molecule has 1 fully saturated rings. The third-order valence-corrected chi connectivity index (χ3v) is 2.55. The highest BCUT2D eigenvalue weighted by molar-refractivity contribution is 5.02. The summed E-state index contributed by atoms with van der Waals surface area (Å²) >= 11 is 0. The van der Waals surface area contributed by atoms with E-state index in [1.54, 1.807) is 0 Å². The summed E-state index contributed by atoms with van der Waals surface area (Å²) in [7, 11) is 0. The van der Waals surface area contributed by atoms with Crippen LogP contribution in [0, 0.1) is 0 Å². The van der Waals surface area contributed by atoms with E-state index >= 15 is 0 Å². The minimum Gasteiger partial charge on any atom is -0.363 e. The van der Waals surface area contributed by atoms with Gasteiger partial charge < -0.3 is 20.4 Å². The molecule has 72 valence electrons. The maximum absolute atomic E-state index is 13.4. The predicted octanol–water partition coefficient (Wildman–Crippen LogP) is -0.740. The van der Waals surface area contributed by atoms with Gasteiger partial charge in [-0.1, -0.05) is 0 Å². The van der Waals surface area contributed by atoms with Gasteiger partial charge in [-0.2, -0.15) is 0 Å². The summed E-state index contributed by atoms with van der Waals surface area (Å²) < 4.78 is 13.4. The highest BCUT2D eigenvalue weighted by atomic mass is 19.1. The van der Waals surface area contributed by atoms with Crippen LogP contribution in [0.5, 0.6) is 0 Å². The molecule has 4 nitrogen and oxygen atoms in total. The number of hydrogen-bond donors (Lipinski definition) is 4. The summed E-state index contributed by atoms with van der Waals surface area (Å²) in [4.78, 5) is 0. The highest BCUT2D eigenvalue weighted by Gasteiger charge is 2.62. The van der Waals surface area contributed by atoms with E-state index in [0.29, 0.717) is 0 Å². The lowest BCUT2D eigenvalue weighted by molar-refractivity contribution is -0.367. The van der Waals surface area contributed by atoms with Gasteiger partial charge in [0.1, 0.15) is 0 Å². The fourth-order valence-electron chi connectivity index (χ4n) is 1.37. The quantitative estimate of drug-likeness (QED) is 0.370. The summed E-state index contributed by atoms with van der Waals surface area (Å²) in [6, 6.07) is 0. The van der Waals surface area contributed by atoms with E-state index in [4.69, 9.17) is 20.4 Å². The SMILES string of the molecule is CC1(F)C(O)(O)CCCC1(O)O. The van der Waals surface area contributed by atoms with Crippen LogP contribution in [0.4, 0.5) is 4.39 Å². The van der Waals surface area contributed by atoms with Crippen LogP contribution in [-0.2, 0) is 0 Å². The molecule has 0 unspecified atom stereocenters. The summed E-state index contributed by atoms with van der Waals surface area (Å²) in [5, 5.41) is 36.4. The second kappa shape index (κ2) is 2.38. The van der Waals surface area contributed by atoms with Crippen LogP contribution in [0.2, 0.25) is 0 Å². The molecule has 0 aromatic rings. The zero-order valence-electron chi connectivity index (χ0n) is 6.79. The molecule has 0 aliphatic heterocycles. The molecule has 0 aromatic heterocycles. The smallest absolute Gasteiger partial charge is 0.213 e. The number of hydrogen-bond acceptors (Lipinski definition) is 4. The average Bonchev–Trinajstić information content (AvgIpc) is 1.83. The van der Waals surface area contributed by atoms with Crippen molar-refractivity contribution >= 4 is 0 Å². The number of alkyl halides is 1. The molecule has 1 saturated carbocycles. The second-order valence-electron chi connectivity index (χ2n) is 3.49. The van der Waals surface area contributed by atoms with Crippen molar-refractivity contribution in [2.45, 2.75) is 43.4 Å². The van der Waals surface area contributed by atoms with E-state index in [2.05, 4.69) is 0 Å². The van der Waals surface area contributed by atoms with Crippen LogP contribution in [0.3, 0.4) is 0 Å². The zero-order valence-corrected chi connectivity index (χ0v) is 6.79. The standard InChI is InChI=1S/C7H13FO4/c1-5(8)6(9,10)3-2-4-7(5,11)12/h9-12H,2-4H2,1H3. The number of aliphatic hydroxyl groups is 4. The van der Waals surface area contributed by atoms with Gasteiger partial charge in [0, 0.05) is 12.8 Å². The molecule has 0 bridgehead atoms. The van der Waals surface area contributed by atoms with E-state index in [1.807, 2.05) is 0 Å². The highest BCUT2D eigenvalue weighted by Crippen LogP contribution is 2.43. The van der Waals surface area contributed by atoms with Crippen molar-refractivity contribution in [2.75, 3.05) is 0 Å². The maximum atomic E-state index is 13.4. The molecule has 0 atom stereocenters. The second-order valence-corrected chi connectivity index (χ2v) is 3.49. The van der Waals surface area contributed by atoms with Crippen molar-refractivity contribution in [2.24, 2.45) is 0 Å². The Morgan fingerprint density at radius 2 is 1.33 bits per heavy atom. The fourth-order valence-corrected chi connectivity index (χ4v) is 1.37. The van der Waals surface area contributed by atoms with E-state index in [9.17, 15) is 4.39 Å². The Labute approximate surface area is 69.3 Å². The van der Waals surface area contributed by atoms with Gasteiger partial charge in [-0.05, 0) is 13.3 Å². The number of rotatable bonds is 0. The Morgan fingerprint density at radius 3 is 1.58 bits per heavy atom. The lowest BCUT2D eigenvalue weighted by Gasteiger charge is -2.46. The lowest BCUT2D eigenvalue weighted by atomic mass is 9.77. The molecule has 0 aromatic carbocycles. The Balaban J connectivity index is 2.99. The summed E-state index contributed by atoms with van der Waals surface area (Å²) in [5.41, 5.74) is -2.81. The van der Waals surface area contributed by atoms with Gasteiger partial charge in [0.15, 0.2) is 0 Å². The van der Waals surface area contributed by atoms with Crippen molar-refractivity contribution in [3.8, 4) is 0 Å². The Bertz CT molecular complexity index is 170. The van der Waals surface area contributed by atoms with Crippen LogP contribution in [0.1, 0.15) is 26.2 Å². The fraction of sp³-hybridized carbons (Fsp3) is 1.00. The molecular formula is C7H13FO4. The van der Waals surface area contributed by atoms with Crippen molar-refractivity contribution in [3.63, 3.8) is 0 Å². The van der Waals surface area contributed by atoms with Crippen molar-refractivity contribution in [1.29, 1.82) is 0 Å². The van der Waals surface area contributed by atoms with Gasteiger partial charge in [-0.15, -0.1) is 0 Å². The Kier molecular flexibility index (Phi) is 1.96. The van der Waals surface area contributed by atoms with Gasteiger partial charge in [0.2, 0.25) is 17.2 Å². The number of halogens is 1. The van der Waals surface area contributed by atoms with Gasteiger partial charge >= 0.3 is 0 Å².